The Morgan fingerprint density at radius 1 is 1.48 bits per heavy atom. The number of azide groups is 1. The summed E-state index contributed by atoms with van der Waals surface area (Å²) in [5, 5.41) is 2.41. The highest BCUT2D eigenvalue weighted by atomic mass is 35.5. The van der Waals surface area contributed by atoms with Crippen molar-refractivity contribution in [1.82, 2.24) is 0 Å². The van der Waals surface area contributed by atoms with Crippen molar-refractivity contribution in [2.24, 2.45) is 5.11 Å². The number of carbonyl (C=O) groups is 2. The van der Waals surface area contributed by atoms with E-state index in [2.05, 4.69) is 10.0 Å². The van der Waals surface area contributed by atoms with Crippen LogP contribution in [0.15, 0.2) is 22.1 Å². The fourth-order valence-corrected chi connectivity index (χ4v) is 3.22. The van der Waals surface area contributed by atoms with Gasteiger partial charge in [0, 0.05) is 9.81 Å². The van der Waals surface area contributed by atoms with Gasteiger partial charge in [-0.25, -0.2) is 4.39 Å². The largest absolute Gasteiger partial charge is 0.465 e. The lowest BCUT2D eigenvalue weighted by Gasteiger charge is -2.15. The standard InChI is InChI=1S/C14H15ClFN3O3S/c1-3-5-11(14(21)22-4-2)23-12-6-8(13(20)18-19-17)10(16)7-9(12)15/h6-7,11H,3-5H2,1-2H3. The summed E-state index contributed by atoms with van der Waals surface area (Å²) in [6.45, 7) is 3.86. The number of hydrogen-bond donors (Lipinski definition) is 0. The summed E-state index contributed by atoms with van der Waals surface area (Å²) in [7, 11) is 0. The van der Waals surface area contributed by atoms with E-state index in [-0.39, 0.29) is 11.6 Å². The van der Waals surface area contributed by atoms with Gasteiger partial charge in [0.15, 0.2) is 0 Å². The normalized spacial score (nSPS) is 11.5. The number of benzene rings is 1. The van der Waals surface area contributed by atoms with Gasteiger partial charge >= 0.3 is 5.97 Å². The molecule has 0 heterocycles. The summed E-state index contributed by atoms with van der Waals surface area (Å²) in [5.41, 5.74) is 7.89. The van der Waals surface area contributed by atoms with Gasteiger partial charge in [-0.1, -0.05) is 24.9 Å². The highest BCUT2D eigenvalue weighted by molar-refractivity contribution is 8.00. The first-order chi connectivity index (χ1) is 10.9. The van der Waals surface area contributed by atoms with Gasteiger partial charge in [0.05, 0.1) is 17.2 Å². The number of esters is 1. The Kier molecular flexibility index (Phi) is 7.88. The Bertz CT molecular complexity index is 650. The third-order valence-corrected chi connectivity index (χ3v) is 4.49. The van der Waals surface area contributed by atoms with E-state index in [9.17, 15) is 14.0 Å². The molecule has 0 N–H and O–H groups in total. The van der Waals surface area contributed by atoms with Gasteiger partial charge < -0.3 is 4.74 Å². The van der Waals surface area contributed by atoms with Gasteiger partial charge in [-0.3, -0.25) is 9.59 Å². The predicted molar refractivity (Wildman–Crippen MR) is 86.1 cm³/mol. The number of ether oxygens (including phenoxy) is 1. The third-order valence-electron chi connectivity index (χ3n) is 2.76. The monoisotopic (exact) mass is 359 g/mol. The molecule has 0 aliphatic heterocycles. The molecule has 124 valence electrons. The van der Waals surface area contributed by atoms with Crippen LogP contribution in [0.5, 0.6) is 0 Å². The molecule has 0 saturated heterocycles. The Morgan fingerprint density at radius 2 is 2.17 bits per heavy atom. The molecule has 1 unspecified atom stereocenters. The number of hydrogen-bond acceptors (Lipinski definition) is 4. The summed E-state index contributed by atoms with van der Waals surface area (Å²) in [6, 6.07) is 2.14. The van der Waals surface area contributed by atoms with Crippen molar-refractivity contribution in [2.45, 2.75) is 36.8 Å². The predicted octanol–water partition coefficient (Wildman–Crippen LogP) is 4.75. The van der Waals surface area contributed by atoms with E-state index >= 15 is 0 Å². The quantitative estimate of drug-likeness (QED) is 0.231. The molecule has 9 heteroatoms. The fourth-order valence-electron chi connectivity index (χ4n) is 1.75. The van der Waals surface area contributed by atoms with Gasteiger partial charge in [0.2, 0.25) is 0 Å². The number of nitrogens with zero attached hydrogens (tertiary/aromatic N) is 3. The summed E-state index contributed by atoms with van der Waals surface area (Å²) in [6.07, 6.45) is 1.27. The van der Waals surface area contributed by atoms with Crippen LogP contribution in [0.1, 0.15) is 37.0 Å². The SMILES string of the molecule is CCCC(Sc1cc(C(=O)N=[N+]=[N-])c(F)cc1Cl)C(=O)OCC. The van der Waals surface area contributed by atoms with Crippen molar-refractivity contribution < 1.29 is 18.7 Å². The van der Waals surface area contributed by atoms with E-state index in [1.165, 1.54) is 6.07 Å². The molecule has 23 heavy (non-hydrogen) atoms. The molecule has 0 radical (unpaired) electrons. The Labute approximate surface area is 142 Å². The maximum Gasteiger partial charge on any atom is 0.319 e. The zero-order valence-corrected chi connectivity index (χ0v) is 14.2. The first-order valence-electron chi connectivity index (χ1n) is 6.86. The zero-order chi connectivity index (χ0) is 17.4. The summed E-state index contributed by atoms with van der Waals surface area (Å²) >= 11 is 7.07. The molecule has 0 fully saturated rings. The third kappa shape index (κ3) is 5.42. The molecule has 0 saturated carbocycles. The van der Waals surface area contributed by atoms with Crippen LogP contribution in [-0.4, -0.2) is 23.7 Å². The highest BCUT2D eigenvalue weighted by Crippen LogP contribution is 2.35. The summed E-state index contributed by atoms with van der Waals surface area (Å²) in [5.74, 6) is -2.34. The number of halogens is 2. The van der Waals surface area contributed by atoms with E-state index in [4.69, 9.17) is 21.9 Å². The van der Waals surface area contributed by atoms with Crippen molar-refractivity contribution >= 4 is 35.2 Å². The molecule has 1 amide bonds. The number of rotatable bonds is 7. The lowest BCUT2D eigenvalue weighted by atomic mass is 10.2. The van der Waals surface area contributed by atoms with Crippen molar-refractivity contribution in [3.05, 3.63) is 39.0 Å². The molecule has 1 atom stereocenters. The second kappa shape index (κ2) is 9.39. The molecule has 1 rings (SSSR count). The van der Waals surface area contributed by atoms with Gasteiger partial charge in [-0.05, 0) is 36.1 Å². The van der Waals surface area contributed by atoms with Crippen molar-refractivity contribution in [3.8, 4) is 0 Å². The highest BCUT2D eigenvalue weighted by Gasteiger charge is 2.23. The minimum Gasteiger partial charge on any atom is -0.465 e. The molecule has 1 aromatic carbocycles. The molecule has 0 aromatic heterocycles. The fraction of sp³-hybridized carbons (Fsp3) is 0.429. The molecule has 0 bridgehead atoms. The average Bonchev–Trinajstić information content (AvgIpc) is 2.49. The first kappa shape index (κ1) is 19.3. The van der Waals surface area contributed by atoms with Crippen LogP contribution in [0.2, 0.25) is 5.02 Å². The summed E-state index contributed by atoms with van der Waals surface area (Å²) in [4.78, 5) is 26.2. The van der Waals surface area contributed by atoms with Crippen molar-refractivity contribution in [2.75, 3.05) is 6.61 Å². The minimum atomic E-state index is -1.05. The van der Waals surface area contributed by atoms with E-state index < -0.39 is 28.5 Å². The van der Waals surface area contributed by atoms with Crippen LogP contribution >= 0.6 is 23.4 Å². The summed E-state index contributed by atoms with van der Waals surface area (Å²) < 4.78 is 18.8. The van der Waals surface area contributed by atoms with Crippen molar-refractivity contribution in [3.63, 3.8) is 0 Å². The Hall–Kier alpha value is -1.76. The van der Waals surface area contributed by atoms with Crippen molar-refractivity contribution in [1.29, 1.82) is 0 Å². The van der Waals surface area contributed by atoms with Gasteiger partial charge in [-0.15, -0.1) is 11.8 Å². The van der Waals surface area contributed by atoms with Crippen LogP contribution in [0.25, 0.3) is 10.4 Å². The topological polar surface area (TPSA) is 92.1 Å². The smallest absolute Gasteiger partial charge is 0.319 e. The van der Waals surface area contributed by atoms with Crippen LogP contribution in [-0.2, 0) is 9.53 Å². The minimum absolute atomic E-state index is 0.0652. The van der Waals surface area contributed by atoms with Crippen LogP contribution in [0.3, 0.4) is 0 Å². The number of thioether (sulfide) groups is 1. The Balaban J connectivity index is 3.14. The van der Waals surface area contributed by atoms with E-state index in [0.717, 1.165) is 24.2 Å². The zero-order valence-electron chi connectivity index (χ0n) is 12.6. The van der Waals surface area contributed by atoms with E-state index in [0.29, 0.717) is 11.3 Å². The number of amides is 1. The Morgan fingerprint density at radius 3 is 2.74 bits per heavy atom. The van der Waals surface area contributed by atoms with Crippen LogP contribution in [0, 0.1) is 5.82 Å². The molecule has 0 aliphatic carbocycles. The first-order valence-corrected chi connectivity index (χ1v) is 8.12. The molecule has 0 spiro atoms. The second-order valence-electron chi connectivity index (χ2n) is 4.40. The number of carbonyl (C=O) groups excluding carboxylic acids is 2. The maximum absolute atomic E-state index is 13.8. The molecule has 6 nitrogen and oxygen atoms in total. The van der Waals surface area contributed by atoms with Gasteiger partial charge in [0.1, 0.15) is 11.1 Å². The molecular formula is C14H15ClFN3O3S. The van der Waals surface area contributed by atoms with E-state index in [1.807, 2.05) is 6.92 Å². The second-order valence-corrected chi connectivity index (χ2v) is 6.06. The lowest BCUT2D eigenvalue weighted by Crippen LogP contribution is -2.20. The average molecular weight is 360 g/mol. The molecule has 0 aliphatic rings. The molecular weight excluding hydrogens is 345 g/mol. The van der Waals surface area contributed by atoms with Crippen LogP contribution in [0.4, 0.5) is 4.39 Å². The van der Waals surface area contributed by atoms with E-state index in [1.54, 1.807) is 6.92 Å². The molecule has 1 aromatic rings. The lowest BCUT2D eigenvalue weighted by molar-refractivity contribution is -0.142. The van der Waals surface area contributed by atoms with Crippen LogP contribution < -0.4 is 0 Å². The van der Waals surface area contributed by atoms with Gasteiger partial charge in [0.25, 0.3) is 5.91 Å². The maximum atomic E-state index is 13.8. The van der Waals surface area contributed by atoms with Gasteiger partial charge in [-0.2, -0.15) is 0 Å².